The fourth-order valence-corrected chi connectivity index (χ4v) is 1.27. The van der Waals surface area contributed by atoms with Crippen molar-refractivity contribution in [2.45, 2.75) is 6.54 Å². The number of nitrogens with two attached hydrogens (primary N) is 1. The maximum Gasteiger partial charge on any atom is 0.272 e. The lowest BCUT2D eigenvalue weighted by molar-refractivity contribution is 0.0944. The zero-order chi connectivity index (χ0) is 11.4. The number of pyridine rings is 1. The molecule has 3 N–H and O–H groups in total. The number of carbonyl (C=O) groups excluding carboxylic acids is 1. The van der Waals surface area contributed by atoms with Crippen LogP contribution in [0.25, 0.3) is 0 Å². The molecule has 0 aromatic carbocycles. The molecule has 2 rings (SSSR count). The molecule has 0 unspecified atom stereocenters. The molecular weight excluding hydrogens is 206 g/mol. The number of rotatable bonds is 3. The first-order valence-corrected chi connectivity index (χ1v) is 4.78. The normalized spacial score (nSPS) is 10.0. The van der Waals surface area contributed by atoms with Crippen molar-refractivity contribution in [2.75, 3.05) is 5.73 Å². The number of nitrogens with one attached hydrogen (secondary N) is 1. The minimum absolute atomic E-state index is 0.231. The van der Waals surface area contributed by atoms with Crippen molar-refractivity contribution in [2.24, 2.45) is 0 Å². The van der Waals surface area contributed by atoms with Crippen LogP contribution in [0.4, 0.5) is 5.69 Å². The molecule has 0 spiro atoms. The molecule has 2 aromatic heterocycles. The van der Waals surface area contributed by atoms with Crippen LogP contribution < -0.4 is 11.1 Å². The lowest BCUT2D eigenvalue weighted by atomic mass is 10.3. The van der Waals surface area contributed by atoms with Gasteiger partial charge in [-0.25, -0.2) is 4.98 Å². The Bertz CT molecular complexity index is 480. The molecule has 0 aliphatic carbocycles. The van der Waals surface area contributed by atoms with Crippen molar-refractivity contribution >= 4 is 11.6 Å². The Labute approximate surface area is 92.3 Å². The SMILES string of the molecule is Nc1cccnc1C(=O)NCc1ccco1. The summed E-state index contributed by atoms with van der Waals surface area (Å²) in [6.07, 6.45) is 3.08. The average molecular weight is 217 g/mol. The second-order valence-corrected chi connectivity index (χ2v) is 3.20. The van der Waals surface area contributed by atoms with Crippen LogP contribution in [0.15, 0.2) is 41.1 Å². The Morgan fingerprint density at radius 1 is 1.44 bits per heavy atom. The third-order valence-electron chi connectivity index (χ3n) is 2.06. The first kappa shape index (κ1) is 10.2. The maximum atomic E-state index is 11.7. The third kappa shape index (κ3) is 2.20. The number of amides is 1. The van der Waals surface area contributed by atoms with E-state index in [1.54, 1.807) is 30.5 Å². The van der Waals surface area contributed by atoms with Gasteiger partial charge in [-0.05, 0) is 24.3 Å². The van der Waals surface area contributed by atoms with Crippen molar-refractivity contribution < 1.29 is 9.21 Å². The van der Waals surface area contributed by atoms with Gasteiger partial charge >= 0.3 is 0 Å². The standard InChI is InChI=1S/C11H11N3O2/c12-9-4-1-5-13-10(9)11(15)14-7-8-3-2-6-16-8/h1-6H,7,12H2,(H,14,15). The number of nitrogens with zero attached hydrogens (tertiary/aromatic N) is 1. The van der Waals surface area contributed by atoms with Gasteiger partial charge < -0.3 is 15.5 Å². The molecule has 0 fully saturated rings. The van der Waals surface area contributed by atoms with Gasteiger partial charge in [0.15, 0.2) is 5.69 Å². The Balaban J connectivity index is 2.01. The van der Waals surface area contributed by atoms with E-state index >= 15 is 0 Å². The van der Waals surface area contributed by atoms with Crippen LogP contribution >= 0.6 is 0 Å². The summed E-state index contributed by atoms with van der Waals surface area (Å²) in [5, 5.41) is 2.67. The van der Waals surface area contributed by atoms with Crippen molar-refractivity contribution in [3.63, 3.8) is 0 Å². The number of anilines is 1. The van der Waals surface area contributed by atoms with E-state index in [0.29, 0.717) is 18.0 Å². The summed E-state index contributed by atoms with van der Waals surface area (Å²) >= 11 is 0. The summed E-state index contributed by atoms with van der Waals surface area (Å²) in [7, 11) is 0. The highest BCUT2D eigenvalue weighted by Gasteiger charge is 2.10. The van der Waals surface area contributed by atoms with Crippen LogP contribution in [0.5, 0.6) is 0 Å². The second-order valence-electron chi connectivity index (χ2n) is 3.20. The molecule has 2 aromatic rings. The fraction of sp³-hybridized carbons (Fsp3) is 0.0909. The van der Waals surface area contributed by atoms with E-state index in [2.05, 4.69) is 10.3 Å². The molecule has 1 amide bonds. The zero-order valence-corrected chi connectivity index (χ0v) is 8.51. The molecule has 0 aliphatic rings. The van der Waals surface area contributed by atoms with E-state index in [4.69, 9.17) is 10.2 Å². The van der Waals surface area contributed by atoms with E-state index in [1.165, 1.54) is 6.20 Å². The lowest BCUT2D eigenvalue weighted by Crippen LogP contribution is -2.24. The molecule has 0 aliphatic heterocycles. The van der Waals surface area contributed by atoms with E-state index in [-0.39, 0.29) is 11.6 Å². The molecule has 5 nitrogen and oxygen atoms in total. The minimum Gasteiger partial charge on any atom is -0.467 e. The largest absolute Gasteiger partial charge is 0.467 e. The van der Waals surface area contributed by atoms with Crippen LogP contribution in [0.3, 0.4) is 0 Å². The average Bonchev–Trinajstić information content (AvgIpc) is 2.79. The Hall–Kier alpha value is -2.30. The first-order chi connectivity index (χ1) is 7.77. The molecule has 0 saturated carbocycles. The number of hydrogen-bond acceptors (Lipinski definition) is 4. The van der Waals surface area contributed by atoms with Gasteiger partial charge in [0, 0.05) is 6.20 Å². The lowest BCUT2D eigenvalue weighted by Gasteiger charge is -2.04. The van der Waals surface area contributed by atoms with Crippen LogP contribution in [0.2, 0.25) is 0 Å². The Morgan fingerprint density at radius 3 is 3.00 bits per heavy atom. The molecule has 82 valence electrons. The van der Waals surface area contributed by atoms with Gasteiger partial charge in [-0.2, -0.15) is 0 Å². The van der Waals surface area contributed by atoms with E-state index in [1.807, 2.05) is 0 Å². The molecule has 0 atom stereocenters. The summed E-state index contributed by atoms with van der Waals surface area (Å²) in [6, 6.07) is 6.85. The van der Waals surface area contributed by atoms with E-state index in [0.717, 1.165) is 0 Å². The molecule has 16 heavy (non-hydrogen) atoms. The van der Waals surface area contributed by atoms with E-state index in [9.17, 15) is 4.79 Å². The fourth-order valence-electron chi connectivity index (χ4n) is 1.27. The van der Waals surface area contributed by atoms with Crippen molar-refractivity contribution in [3.8, 4) is 0 Å². The number of hydrogen-bond donors (Lipinski definition) is 2. The topological polar surface area (TPSA) is 81.1 Å². The highest BCUT2D eigenvalue weighted by atomic mass is 16.3. The van der Waals surface area contributed by atoms with E-state index < -0.39 is 0 Å². The predicted molar refractivity (Wildman–Crippen MR) is 58.5 cm³/mol. The molecule has 2 heterocycles. The van der Waals surface area contributed by atoms with Gasteiger partial charge in [0.1, 0.15) is 5.76 Å². The van der Waals surface area contributed by atoms with Gasteiger partial charge in [0.05, 0.1) is 18.5 Å². The first-order valence-electron chi connectivity index (χ1n) is 4.78. The highest BCUT2D eigenvalue weighted by Crippen LogP contribution is 2.07. The summed E-state index contributed by atoms with van der Waals surface area (Å²) in [4.78, 5) is 15.6. The summed E-state index contributed by atoms with van der Waals surface area (Å²) in [5.41, 5.74) is 6.21. The van der Waals surface area contributed by atoms with Crippen LogP contribution in [-0.2, 0) is 6.54 Å². The van der Waals surface area contributed by atoms with Crippen molar-refractivity contribution in [1.82, 2.24) is 10.3 Å². The van der Waals surface area contributed by atoms with Gasteiger partial charge in [0.2, 0.25) is 0 Å². The molecule has 0 saturated heterocycles. The summed E-state index contributed by atoms with van der Waals surface area (Å²) in [6.45, 7) is 0.321. The van der Waals surface area contributed by atoms with Crippen LogP contribution in [0, 0.1) is 0 Å². The van der Waals surface area contributed by atoms with Gasteiger partial charge in [-0.3, -0.25) is 4.79 Å². The quantitative estimate of drug-likeness (QED) is 0.809. The molecule has 0 bridgehead atoms. The van der Waals surface area contributed by atoms with Crippen molar-refractivity contribution in [3.05, 3.63) is 48.2 Å². The van der Waals surface area contributed by atoms with Gasteiger partial charge in [-0.15, -0.1) is 0 Å². The highest BCUT2D eigenvalue weighted by molar-refractivity contribution is 5.96. The van der Waals surface area contributed by atoms with Crippen LogP contribution in [-0.4, -0.2) is 10.9 Å². The smallest absolute Gasteiger partial charge is 0.272 e. The Kier molecular flexibility index (Phi) is 2.86. The molecule has 0 radical (unpaired) electrons. The predicted octanol–water partition coefficient (Wildman–Crippen LogP) is 1.19. The number of nitrogen functional groups attached to an aromatic ring is 1. The van der Waals surface area contributed by atoms with Crippen LogP contribution in [0.1, 0.15) is 16.2 Å². The summed E-state index contributed by atoms with van der Waals surface area (Å²) < 4.78 is 5.08. The molecular formula is C11H11N3O2. The number of carbonyl (C=O) groups is 1. The summed E-state index contributed by atoms with van der Waals surface area (Å²) in [5.74, 6) is 0.373. The Morgan fingerprint density at radius 2 is 2.31 bits per heavy atom. The second kappa shape index (κ2) is 4.48. The third-order valence-corrected chi connectivity index (χ3v) is 2.06. The van der Waals surface area contributed by atoms with Gasteiger partial charge in [-0.1, -0.05) is 0 Å². The van der Waals surface area contributed by atoms with Gasteiger partial charge in [0.25, 0.3) is 5.91 Å². The number of aromatic nitrogens is 1. The number of furan rings is 1. The van der Waals surface area contributed by atoms with Crippen molar-refractivity contribution in [1.29, 1.82) is 0 Å². The minimum atomic E-state index is -0.311. The molecule has 5 heteroatoms. The maximum absolute atomic E-state index is 11.7. The monoisotopic (exact) mass is 217 g/mol. The zero-order valence-electron chi connectivity index (χ0n) is 8.51.